The molecule has 1 aromatic rings. The van der Waals surface area contributed by atoms with Crippen molar-refractivity contribution in [1.29, 1.82) is 0 Å². The van der Waals surface area contributed by atoms with E-state index in [1.165, 1.54) is 5.56 Å². The number of carboxylic acids is 1. The van der Waals surface area contributed by atoms with Crippen molar-refractivity contribution in [1.82, 2.24) is 9.80 Å². The second-order valence-corrected chi connectivity index (χ2v) is 5.54. The van der Waals surface area contributed by atoms with Crippen molar-refractivity contribution < 1.29 is 14.7 Å². The second-order valence-electron chi connectivity index (χ2n) is 5.54. The van der Waals surface area contributed by atoms with Crippen LogP contribution < -0.4 is 0 Å². The number of carboxylic acid groups (broad SMARTS) is 1. The molecule has 0 radical (unpaired) electrons. The van der Waals surface area contributed by atoms with Gasteiger partial charge in [-0.2, -0.15) is 0 Å². The highest BCUT2D eigenvalue weighted by Crippen LogP contribution is 2.27. The number of hydrogen-bond donors (Lipinski definition) is 1. The minimum Gasteiger partial charge on any atom is -0.481 e. The maximum atomic E-state index is 12.3. The predicted molar refractivity (Wildman–Crippen MR) is 80.3 cm³/mol. The summed E-state index contributed by atoms with van der Waals surface area (Å²) < 4.78 is 0. The van der Waals surface area contributed by atoms with Gasteiger partial charge in [-0.25, -0.2) is 4.79 Å². The van der Waals surface area contributed by atoms with Crippen molar-refractivity contribution >= 4 is 12.0 Å². The number of benzene rings is 1. The van der Waals surface area contributed by atoms with Gasteiger partial charge in [0.25, 0.3) is 0 Å². The molecule has 5 heteroatoms. The van der Waals surface area contributed by atoms with Crippen LogP contribution in [0, 0.1) is 0 Å². The molecule has 5 nitrogen and oxygen atoms in total. The Morgan fingerprint density at radius 2 is 2.05 bits per heavy atom. The zero-order valence-corrected chi connectivity index (χ0v) is 12.4. The van der Waals surface area contributed by atoms with Crippen molar-refractivity contribution in [3.05, 3.63) is 35.9 Å². The molecule has 1 atom stereocenters. The topological polar surface area (TPSA) is 60.9 Å². The van der Waals surface area contributed by atoms with E-state index in [2.05, 4.69) is 12.1 Å². The molecule has 21 heavy (non-hydrogen) atoms. The first-order chi connectivity index (χ1) is 10.1. The monoisotopic (exact) mass is 290 g/mol. The molecule has 0 saturated carbocycles. The Labute approximate surface area is 125 Å². The van der Waals surface area contributed by atoms with E-state index in [1.807, 2.05) is 23.1 Å². The summed E-state index contributed by atoms with van der Waals surface area (Å²) >= 11 is 0. The first kappa shape index (κ1) is 15.4. The van der Waals surface area contributed by atoms with Gasteiger partial charge in [-0.1, -0.05) is 30.3 Å². The fourth-order valence-electron chi connectivity index (χ4n) is 2.74. The van der Waals surface area contributed by atoms with Gasteiger partial charge in [0.2, 0.25) is 0 Å². The Hall–Kier alpha value is -2.04. The summed E-state index contributed by atoms with van der Waals surface area (Å²) in [5.41, 5.74) is 1.28. The fraction of sp³-hybridized carbons (Fsp3) is 0.500. The molecule has 0 bridgehead atoms. The summed E-state index contributed by atoms with van der Waals surface area (Å²) in [6, 6.07) is 10.3. The fourth-order valence-corrected chi connectivity index (χ4v) is 2.74. The lowest BCUT2D eigenvalue weighted by Crippen LogP contribution is -2.40. The number of urea groups is 1. The second kappa shape index (κ2) is 7.11. The summed E-state index contributed by atoms with van der Waals surface area (Å²) in [4.78, 5) is 26.3. The number of rotatable bonds is 5. The average Bonchev–Trinajstić information content (AvgIpc) is 2.96. The zero-order valence-electron chi connectivity index (χ0n) is 12.4. The molecule has 1 saturated heterocycles. The number of carbonyl (C=O) groups is 2. The third kappa shape index (κ3) is 4.21. The average molecular weight is 290 g/mol. The molecule has 1 N–H and O–H groups in total. The molecule has 0 spiro atoms. The molecule has 1 fully saturated rings. The van der Waals surface area contributed by atoms with E-state index < -0.39 is 5.97 Å². The van der Waals surface area contributed by atoms with Crippen LogP contribution in [-0.4, -0.2) is 53.6 Å². The largest absolute Gasteiger partial charge is 0.481 e. The van der Waals surface area contributed by atoms with E-state index in [4.69, 9.17) is 5.11 Å². The molecule has 2 rings (SSSR count). The molecular formula is C16H22N2O3. The van der Waals surface area contributed by atoms with Crippen LogP contribution in [-0.2, 0) is 4.79 Å². The maximum Gasteiger partial charge on any atom is 0.319 e. The van der Waals surface area contributed by atoms with E-state index in [0.717, 1.165) is 19.5 Å². The minimum absolute atomic E-state index is 0.00109. The molecular weight excluding hydrogens is 268 g/mol. The third-order valence-corrected chi connectivity index (χ3v) is 3.94. The first-order valence-electron chi connectivity index (χ1n) is 7.34. The standard InChI is InChI=1S/C16H22N2O3/c1-17(10-5-8-15(19)20)16(21)18-11-9-14(12-18)13-6-3-2-4-7-13/h2-4,6-7,14H,5,8-12H2,1H3,(H,19,20). The number of hydrogen-bond acceptors (Lipinski definition) is 2. The third-order valence-electron chi connectivity index (χ3n) is 3.94. The van der Waals surface area contributed by atoms with Crippen molar-refractivity contribution in [2.24, 2.45) is 0 Å². The Bertz CT molecular complexity index is 490. The van der Waals surface area contributed by atoms with Gasteiger partial charge in [-0.05, 0) is 18.4 Å². The summed E-state index contributed by atoms with van der Waals surface area (Å²) in [6.07, 6.45) is 1.58. The Kier molecular flexibility index (Phi) is 5.20. The molecule has 1 aliphatic heterocycles. The van der Waals surface area contributed by atoms with Gasteiger partial charge in [0.15, 0.2) is 0 Å². The highest BCUT2D eigenvalue weighted by Gasteiger charge is 2.28. The van der Waals surface area contributed by atoms with Crippen LogP contribution in [0.3, 0.4) is 0 Å². The summed E-state index contributed by atoms with van der Waals surface area (Å²) in [6.45, 7) is 1.99. The molecule has 1 aliphatic rings. The van der Waals surface area contributed by atoms with Crippen molar-refractivity contribution in [2.75, 3.05) is 26.7 Å². The minimum atomic E-state index is -0.818. The van der Waals surface area contributed by atoms with Crippen LogP contribution in [0.15, 0.2) is 30.3 Å². The molecule has 2 amide bonds. The van der Waals surface area contributed by atoms with Crippen LogP contribution in [0.5, 0.6) is 0 Å². The smallest absolute Gasteiger partial charge is 0.319 e. The van der Waals surface area contributed by atoms with Crippen molar-refractivity contribution in [2.45, 2.75) is 25.2 Å². The van der Waals surface area contributed by atoms with Gasteiger partial charge in [0, 0.05) is 39.0 Å². The van der Waals surface area contributed by atoms with Crippen LogP contribution in [0.2, 0.25) is 0 Å². The van der Waals surface area contributed by atoms with Crippen molar-refractivity contribution in [3.63, 3.8) is 0 Å². The van der Waals surface area contributed by atoms with Crippen LogP contribution in [0.25, 0.3) is 0 Å². The van der Waals surface area contributed by atoms with Gasteiger partial charge in [-0.15, -0.1) is 0 Å². The first-order valence-corrected chi connectivity index (χ1v) is 7.34. The Morgan fingerprint density at radius 3 is 2.71 bits per heavy atom. The molecule has 1 heterocycles. The lowest BCUT2D eigenvalue weighted by Gasteiger charge is -2.24. The van der Waals surface area contributed by atoms with E-state index in [9.17, 15) is 9.59 Å². The van der Waals surface area contributed by atoms with Crippen LogP contribution in [0.1, 0.15) is 30.7 Å². The number of amides is 2. The van der Waals surface area contributed by atoms with Crippen LogP contribution in [0.4, 0.5) is 4.79 Å². The van der Waals surface area contributed by atoms with E-state index in [0.29, 0.717) is 18.9 Å². The van der Waals surface area contributed by atoms with Gasteiger partial charge >= 0.3 is 12.0 Å². The highest BCUT2D eigenvalue weighted by molar-refractivity contribution is 5.74. The molecule has 1 aromatic carbocycles. The molecule has 1 unspecified atom stereocenters. The van der Waals surface area contributed by atoms with E-state index in [1.54, 1.807) is 11.9 Å². The molecule has 0 aromatic heterocycles. The zero-order chi connectivity index (χ0) is 15.2. The van der Waals surface area contributed by atoms with Crippen molar-refractivity contribution in [3.8, 4) is 0 Å². The Balaban J connectivity index is 1.83. The Morgan fingerprint density at radius 1 is 1.33 bits per heavy atom. The van der Waals surface area contributed by atoms with Crippen LogP contribution >= 0.6 is 0 Å². The lowest BCUT2D eigenvalue weighted by molar-refractivity contribution is -0.137. The number of nitrogens with zero attached hydrogens (tertiary/aromatic N) is 2. The van der Waals surface area contributed by atoms with Gasteiger partial charge < -0.3 is 14.9 Å². The summed E-state index contributed by atoms with van der Waals surface area (Å²) in [7, 11) is 1.74. The number of carbonyl (C=O) groups excluding carboxylic acids is 1. The summed E-state index contributed by atoms with van der Waals surface area (Å²) in [5, 5.41) is 8.62. The predicted octanol–water partition coefficient (Wildman–Crippen LogP) is 2.39. The quantitative estimate of drug-likeness (QED) is 0.905. The SMILES string of the molecule is CN(CCCC(=O)O)C(=O)N1CCC(c2ccccc2)C1. The molecule has 0 aliphatic carbocycles. The highest BCUT2D eigenvalue weighted by atomic mass is 16.4. The van der Waals surface area contributed by atoms with E-state index in [-0.39, 0.29) is 12.5 Å². The number of likely N-dealkylation sites (tertiary alicyclic amines) is 1. The van der Waals surface area contributed by atoms with Gasteiger partial charge in [0.05, 0.1) is 0 Å². The maximum absolute atomic E-state index is 12.3. The van der Waals surface area contributed by atoms with Gasteiger partial charge in [0.1, 0.15) is 0 Å². The summed E-state index contributed by atoms with van der Waals surface area (Å²) in [5.74, 6) is -0.413. The normalized spacial score (nSPS) is 17.8. The van der Waals surface area contributed by atoms with E-state index >= 15 is 0 Å². The lowest BCUT2D eigenvalue weighted by atomic mass is 9.99. The number of aliphatic carboxylic acids is 1. The van der Waals surface area contributed by atoms with Gasteiger partial charge in [-0.3, -0.25) is 4.79 Å². The molecule has 114 valence electrons.